The van der Waals surface area contributed by atoms with Crippen LogP contribution in [0.3, 0.4) is 0 Å². The normalized spacial score (nSPS) is 11.5. The van der Waals surface area contributed by atoms with Gasteiger partial charge < -0.3 is 15.7 Å². The van der Waals surface area contributed by atoms with Crippen molar-refractivity contribution in [1.82, 2.24) is 9.97 Å². The molecule has 1 rings (SSSR count). The number of oxime groups is 1. The van der Waals surface area contributed by atoms with E-state index < -0.39 is 0 Å². The van der Waals surface area contributed by atoms with Crippen LogP contribution in [0.15, 0.2) is 17.4 Å². The van der Waals surface area contributed by atoms with Gasteiger partial charge in [-0.05, 0) is 12.5 Å². The third kappa shape index (κ3) is 4.67. The van der Waals surface area contributed by atoms with Crippen LogP contribution >= 0.6 is 0 Å². The summed E-state index contributed by atoms with van der Waals surface area (Å²) >= 11 is 0. The second-order valence-electron chi connectivity index (χ2n) is 3.62. The lowest BCUT2D eigenvalue weighted by atomic mass is 10.2. The summed E-state index contributed by atoms with van der Waals surface area (Å²) in [5, 5.41) is 11.4. The molecule has 0 amide bonds. The van der Waals surface area contributed by atoms with E-state index in [2.05, 4.69) is 22.0 Å². The van der Waals surface area contributed by atoms with E-state index in [4.69, 9.17) is 15.7 Å². The van der Waals surface area contributed by atoms with Crippen molar-refractivity contribution >= 4 is 5.84 Å². The van der Waals surface area contributed by atoms with Gasteiger partial charge in [-0.15, -0.1) is 0 Å². The number of amidine groups is 1. The third-order valence-electron chi connectivity index (χ3n) is 2.23. The van der Waals surface area contributed by atoms with Crippen molar-refractivity contribution in [2.45, 2.75) is 32.6 Å². The first-order chi connectivity index (χ1) is 8.27. The van der Waals surface area contributed by atoms with Crippen molar-refractivity contribution in [2.75, 3.05) is 6.61 Å². The molecule has 3 N–H and O–H groups in total. The topological polar surface area (TPSA) is 93.6 Å². The second-order valence-corrected chi connectivity index (χ2v) is 3.62. The minimum atomic E-state index is -0.0526. The fraction of sp³-hybridized carbons (Fsp3) is 0.545. The average molecular weight is 238 g/mol. The van der Waals surface area contributed by atoms with E-state index in [0.717, 1.165) is 12.8 Å². The SMILES string of the molecule is CCCCCCOc1nccc(/C(N)=N/O)n1. The average Bonchev–Trinajstić information content (AvgIpc) is 2.38. The summed E-state index contributed by atoms with van der Waals surface area (Å²) in [5.74, 6) is -0.0526. The molecule has 94 valence electrons. The molecule has 17 heavy (non-hydrogen) atoms. The summed E-state index contributed by atoms with van der Waals surface area (Å²) in [6.07, 6.45) is 6.02. The van der Waals surface area contributed by atoms with Crippen LogP contribution < -0.4 is 10.5 Å². The number of rotatable bonds is 7. The van der Waals surface area contributed by atoms with Gasteiger partial charge in [0.2, 0.25) is 0 Å². The van der Waals surface area contributed by atoms with Gasteiger partial charge in [-0.1, -0.05) is 31.3 Å². The highest BCUT2D eigenvalue weighted by molar-refractivity contribution is 5.95. The van der Waals surface area contributed by atoms with Crippen LogP contribution in [-0.4, -0.2) is 27.6 Å². The molecule has 1 aromatic rings. The Morgan fingerprint density at radius 1 is 1.47 bits per heavy atom. The second kappa shape index (κ2) is 7.43. The van der Waals surface area contributed by atoms with Crippen LogP contribution in [0.4, 0.5) is 0 Å². The largest absolute Gasteiger partial charge is 0.463 e. The highest BCUT2D eigenvalue weighted by atomic mass is 16.5. The Kier molecular flexibility index (Phi) is 5.77. The van der Waals surface area contributed by atoms with Gasteiger partial charge in [-0.25, -0.2) is 4.98 Å². The standard InChI is InChI=1S/C11H18N4O2/c1-2-3-4-5-8-17-11-13-7-6-9(14-11)10(12)15-16/h6-7,16H,2-5,8H2,1H3,(H2,12,15). The zero-order valence-electron chi connectivity index (χ0n) is 9.96. The van der Waals surface area contributed by atoms with Gasteiger partial charge in [0, 0.05) is 6.20 Å². The number of unbranched alkanes of at least 4 members (excludes halogenated alkanes) is 3. The van der Waals surface area contributed by atoms with Crippen LogP contribution in [0.1, 0.15) is 38.3 Å². The lowest BCUT2D eigenvalue weighted by Gasteiger charge is -2.04. The number of nitrogens with two attached hydrogens (primary N) is 1. The van der Waals surface area contributed by atoms with Crippen molar-refractivity contribution < 1.29 is 9.94 Å². The first-order valence-corrected chi connectivity index (χ1v) is 5.71. The molecule has 0 aliphatic heterocycles. The summed E-state index contributed by atoms with van der Waals surface area (Å²) < 4.78 is 5.37. The van der Waals surface area contributed by atoms with E-state index in [9.17, 15) is 0 Å². The molecule has 0 atom stereocenters. The van der Waals surface area contributed by atoms with Gasteiger partial charge in [0.15, 0.2) is 5.84 Å². The molecule has 1 heterocycles. The molecule has 0 bridgehead atoms. The Morgan fingerprint density at radius 3 is 3.00 bits per heavy atom. The summed E-state index contributed by atoms with van der Waals surface area (Å²) in [6, 6.07) is 1.81. The summed E-state index contributed by atoms with van der Waals surface area (Å²) in [6.45, 7) is 2.74. The molecule has 0 aromatic carbocycles. The Labute approximate surface area is 101 Å². The fourth-order valence-corrected chi connectivity index (χ4v) is 1.30. The smallest absolute Gasteiger partial charge is 0.317 e. The van der Waals surface area contributed by atoms with E-state index in [1.54, 1.807) is 6.07 Å². The molecule has 0 fully saturated rings. The minimum absolute atomic E-state index is 0.0526. The first-order valence-electron chi connectivity index (χ1n) is 5.71. The Bertz CT molecular complexity index is 368. The number of hydrogen-bond donors (Lipinski definition) is 2. The monoisotopic (exact) mass is 238 g/mol. The predicted octanol–water partition coefficient (Wildman–Crippen LogP) is 1.53. The molecular weight excluding hydrogens is 220 g/mol. The zero-order chi connectivity index (χ0) is 12.5. The fourth-order valence-electron chi connectivity index (χ4n) is 1.30. The molecule has 0 aliphatic carbocycles. The van der Waals surface area contributed by atoms with Crippen LogP contribution in [0.5, 0.6) is 6.01 Å². The Hall–Kier alpha value is -1.85. The van der Waals surface area contributed by atoms with Gasteiger partial charge >= 0.3 is 6.01 Å². The molecule has 6 heteroatoms. The van der Waals surface area contributed by atoms with Crippen LogP contribution in [0.2, 0.25) is 0 Å². The molecule has 0 radical (unpaired) electrons. The Morgan fingerprint density at radius 2 is 2.29 bits per heavy atom. The van der Waals surface area contributed by atoms with E-state index in [1.165, 1.54) is 19.0 Å². The molecular formula is C11H18N4O2. The number of nitrogens with zero attached hydrogens (tertiary/aromatic N) is 3. The molecule has 0 unspecified atom stereocenters. The summed E-state index contributed by atoms with van der Waals surface area (Å²) in [5.41, 5.74) is 5.76. The van der Waals surface area contributed by atoms with Crippen molar-refractivity contribution in [3.05, 3.63) is 18.0 Å². The number of hydrogen-bond acceptors (Lipinski definition) is 5. The van der Waals surface area contributed by atoms with Crippen LogP contribution in [0.25, 0.3) is 0 Å². The highest BCUT2D eigenvalue weighted by Gasteiger charge is 2.04. The molecule has 0 spiro atoms. The molecule has 0 aliphatic rings. The minimum Gasteiger partial charge on any atom is -0.463 e. The first kappa shape index (κ1) is 13.2. The number of aromatic nitrogens is 2. The van der Waals surface area contributed by atoms with Crippen molar-refractivity contribution in [3.8, 4) is 6.01 Å². The van der Waals surface area contributed by atoms with Gasteiger partial charge in [0.25, 0.3) is 0 Å². The van der Waals surface area contributed by atoms with Crippen molar-refractivity contribution in [2.24, 2.45) is 10.9 Å². The lowest BCUT2D eigenvalue weighted by Crippen LogP contribution is -2.15. The van der Waals surface area contributed by atoms with E-state index in [-0.39, 0.29) is 11.8 Å². The maximum absolute atomic E-state index is 8.51. The summed E-state index contributed by atoms with van der Waals surface area (Å²) in [7, 11) is 0. The zero-order valence-corrected chi connectivity index (χ0v) is 9.96. The predicted molar refractivity (Wildman–Crippen MR) is 64.2 cm³/mol. The molecule has 1 aromatic heterocycles. The van der Waals surface area contributed by atoms with Crippen molar-refractivity contribution in [3.63, 3.8) is 0 Å². The van der Waals surface area contributed by atoms with Gasteiger partial charge in [-0.3, -0.25) is 0 Å². The van der Waals surface area contributed by atoms with E-state index in [1.807, 2.05) is 0 Å². The number of ether oxygens (including phenoxy) is 1. The van der Waals surface area contributed by atoms with E-state index >= 15 is 0 Å². The maximum atomic E-state index is 8.51. The molecule has 0 saturated heterocycles. The third-order valence-corrected chi connectivity index (χ3v) is 2.23. The lowest BCUT2D eigenvalue weighted by molar-refractivity contribution is 0.281. The molecule has 0 saturated carbocycles. The maximum Gasteiger partial charge on any atom is 0.317 e. The Balaban J connectivity index is 2.43. The van der Waals surface area contributed by atoms with Crippen molar-refractivity contribution in [1.29, 1.82) is 0 Å². The van der Waals surface area contributed by atoms with Gasteiger partial charge in [-0.2, -0.15) is 4.98 Å². The highest BCUT2D eigenvalue weighted by Crippen LogP contribution is 2.05. The van der Waals surface area contributed by atoms with Crippen LogP contribution in [0, 0.1) is 0 Å². The quantitative estimate of drug-likeness (QED) is 0.247. The van der Waals surface area contributed by atoms with Crippen LogP contribution in [-0.2, 0) is 0 Å². The van der Waals surface area contributed by atoms with Gasteiger partial charge in [0.1, 0.15) is 5.69 Å². The summed E-state index contributed by atoms with van der Waals surface area (Å²) in [4.78, 5) is 7.96. The molecule has 6 nitrogen and oxygen atoms in total. The van der Waals surface area contributed by atoms with E-state index in [0.29, 0.717) is 12.3 Å². The van der Waals surface area contributed by atoms with Gasteiger partial charge in [0.05, 0.1) is 6.61 Å².